The molecule has 0 spiro atoms. The fraction of sp³-hybridized carbons (Fsp3) is 0.267. The number of allylic oxidation sites excluding steroid dienone is 3. The second-order valence-corrected chi connectivity index (χ2v) is 4.26. The summed E-state index contributed by atoms with van der Waals surface area (Å²) in [5.41, 5.74) is 3.47. The van der Waals surface area contributed by atoms with Crippen LogP contribution in [0.15, 0.2) is 46.6 Å². The maximum absolute atomic E-state index is 8.59. The van der Waals surface area contributed by atoms with Crippen LogP contribution in [-0.2, 0) is 0 Å². The Morgan fingerprint density at radius 2 is 2.06 bits per heavy atom. The predicted octanol–water partition coefficient (Wildman–Crippen LogP) is 3.65. The van der Waals surface area contributed by atoms with Gasteiger partial charge in [-0.3, -0.25) is 0 Å². The van der Waals surface area contributed by atoms with Gasteiger partial charge >= 0.3 is 0 Å². The van der Waals surface area contributed by atoms with Gasteiger partial charge in [0.15, 0.2) is 0 Å². The number of benzene rings is 1. The molecule has 0 aromatic heterocycles. The summed E-state index contributed by atoms with van der Waals surface area (Å²) in [4.78, 5) is 0. The zero-order chi connectivity index (χ0) is 12.8. The van der Waals surface area contributed by atoms with Gasteiger partial charge in [0.1, 0.15) is 5.75 Å². The van der Waals surface area contributed by atoms with Gasteiger partial charge in [0, 0.05) is 0 Å². The summed E-state index contributed by atoms with van der Waals surface area (Å²) in [7, 11) is 1.66. The third kappa shape index (κ3) is 3.00. The highest BCUT2D eigenvalue weighted by molar-refractivity contribution is 5.81. The fourth-order valence-corrected chi connectivity index (χ4v) is 2.14. The Bertz CT molecular complexity index is 501. The Hall–Kier alpha value is -2.03. The molecule has 0 fully saturated rings. The highest BCUT2D eigenvalue weighted by Crippen LogP contribution is 2.26. The van der Waals surface area contributed by atoms with Crippen molar-refractivity contribution in [2.45, 2.75) is 19.3 Å². The second-order valence-electron chi connectivity index (χ2n) is 4.26. The first-order chi connectivity index (χ1) is 8.83. The van der Waals surface area contributed by atoms with Crippen LogP contribution >= 0.6 is 0 Å². The van der Waals surface area contributed by atoms with E-state index < -0.39 is 0 Å². The summed E-state index contributed by atoms with van der Waals surface area (Å²) < 4.78 is 5.19. The summed E-state index contributed by atoms with van der Waals surface area (Å²) >= 11 is 0. The van der Waals surface area contributed by atoms with Crippen LogP contribution in [0.1, 0.15) is 24.8 Å². The van der Waals surface area contributed by atoms with Gasteiger partial charge in [-0.05, 0) is 48.1 Å². The predicted molar refractivity (Wildman–Crippen MR) is 73.2 cm³/mol. The van der Waals surface area contributed by atoms with Crippen LogP contribution in [0.2, 0.25) is 0 Å². The molecule has 0 saturated heterocycles. The number of hydrogen-bond acceptors (Lipinski definition) is 3. The quantitative estimate of drug-likeness (QED) is 0.498. The molecule has 1 aromatic carbocycles. The molecule has 1 aliphatic rings. The van der Waals surface area contributed by atoms with Gasteiger partial charge in [-0.1, -0.05) is 29.4 Å². The van der Waals surface area contributed by atoms with Crippen LogP contribution in [0.5, 0.6) is 5.75 Å². The van der Waals surface area contributed by atoms with Crippen LogP contribution in [0.3, 0.4) is 0 Å². The molecule has 0 atom stereocenters. The van der Waals surface area contributed by atoms with Crippen molar-refractivity contribution >= 4 is 12.3 Å². The maximum atomic E-state index is 8.59. The summed E-state index contributed by atoms with van der Waals surface area (Å²) in [6, 6.07) is 7.92. The van der Waals surface area contributed by atoms with Crippen LogP contribution in [0.25, 0.3) is 6.08 Å². The van der Waals surface area contributed by atoms with Crippen molar-refractivity contribution in [3.8, 4) is 5.75 Å². The van der Waals surface area contributed by atoms with Crippen molar-refractivity contribution in [3.05, 3.63) is 47.1 Å². The lowest BCUT2D eigenvalue weighted by Gasteiger charge is -2.00. The minimum Gasteiger partial charge on any atom is -0.497 e. The van der Waals surface area contributed by atoms with Gasteiger partial charge in [-0.15, -0.1) is 0 Å². The van der Waals surface area contributed by atoms with E-state index in [0.717, 1.165) is 36.1 Å². The molecule has 1 N–H and O–H groups in total. The number of oxime groups is 1. The lowest BCUT2D eigenvalue weighted by molar-refractivity contribution is 0.321. The molecule has 0 bridgehead atoms. The van der Waals surface area contributed by atoms with E-state index in [0.29, 0.717) is 0 Å². The second kappa shape index (κ2) is 6.05. The first-order valence-electron chi connectivity index (χ1n) is 6.05. The smallest absolute Gasteiger partial charge is 0.119 e. The molecule has 0 radical (unpaired) electrons. The van der Waals surface area contributed by atoms with Crippen molar-refractivity contribution in [1.82, 2.24) is 0 Å². The molecule has 94 valence electrons. The lowest BCUT2D eigenvalue weighted by atomic mass is 10.1. The number of rotatable bonds is 4. The highest BCUT2D eigenvalue weighted by Gasteiger charge is 2.10. The monoisotopic (exact) mass is 243 g/mol. The number of nitrogens with zero attached hydrogens (tertiary/aromatic N) is 1. The Morgan fingerprint density at radius 3 is 2.83 bits per heavy atom. The molecule has 3 heteroatoms. The van der Waals surface area contributed by atoms with Crippen LogP contribution in [-0.4, -0.2) is 18.5 Å². The number of hydrogen-bond donors (Lipinski definition) is 1. The SMILES string of the molecule is COc1cccc(C=CC2=C(C=NO)CCC2)c1. The van der Waals surface area contributed by atoms with E-state index in [9.17, 15) is 0 Å². The number of methoxy groups -OCH3 is 1. The molecule has 18 heavy (non-hydrogen) atoms. The summed E-state index contributed by atoms with van der Waals surface area (Å²) in [5.74, 6) is 0.856. The average molecular weight is 243 g/mol. The molecule has 0 aliphatic heterocycles. The summed E-state index contributed by atoms with van der Waals surface area (Å²) in [5, 5.41) is 11.7. The molecule has 1 aromatic rings. The van der Waals surface area contributed by atoms with E-state index in [1.807, 2.05) is 24.3 Å². The standard InChI is InChI=1S/C15H17NO2/c1-18-15-7-2-4-12(10-15)8-9-13-5-3-6-14(13)11-16-17/h2,4,7-11,17H,3,5-6H2,1H3. The summed E-state index contributed by atoms with van der Waals surface area (Å²) in [6.07, 6.45) is 8.86. The summed E-state index contributed by atoms with van der Waals surface area (Å²) in [6.45, 7) is 0. The van der Waals surface area contributed by atoms with Crippen molar-refractivity contribution in [3.63, 3.8) is 0 Å². The molecular weight excluding hydrogens is 226 g/mol. The zero-order valence-corrected chi connectivity index (χ0v) is 10.5. The molecular formula is C15H17NO2. The Kier molecular flexibility index (Phi) is 4.18. The maximum Gasteiger partial charge on any atom is 0.119 e. The minimum atomic E-state index is 0.856. The largest absolute Gasteiger partial charge is 0.497 e. The first kappa shape index (κ1) is 12.4. The minimum absolute atomic E-state index is 0.856. The molecule has 1 aliphatic carbocycles. The van der Waals surface area contributed by atoms with Crippen LogP contribution < -0.4 is 4.74 Å². The fourth-order valence-electron chi connectivity index (χ4n) is 2.14. The van der Waals surface area contributed by atoms with Gasteiger partial charge in [0.05, 0.1) is 13.3 Å². The van der Waals surface area contributed by atoms with E-state index in [4.69, 9.17) is 9.94 Å². The topological polar surface area (TPSA) is 41.8 Å². The molecule has 2 rings (SSSR count). The van der Waals surface area contributed by atoms with E-state index in [2.05, 4.69) is 17.3 Å². The number of ether oxygens (including phenoxy) is 1. The molecule has 0 amide bonds. The third-order valence-electron chi connectivity index (χ3n) is 3.09. The van der Waals surface area contributed by atoms with Crippen molar-refractivity contribution < 1.29 is 9.94 Å². The highest BCUT2D eigenvalue weighted by atomic mass is 16.5. The zero-order valence-electron chi connectivity index (χ0n) is 10.5. The van der Waals surface area contributed by atoms with E-state index in [-0.39, 0.29) is 0 Å². The van der Waals surface area contributed by atoms with Crippen molar-refractivity contribution in [2.75, 3.05) is 7.11 Å². The van der Waals surface area contributed by atoms with Gasteiger partial charge in [0.2, 0.25) is 0 Å². The third-order valence-corrected chi connectivity index (χ3v) is 3.09. The molecule has 0 saturated carbocycles. The van der Waals surface area contributed by atoms with Gasteiger partial charge in [-0.2, -0.15) is 0 Å². The first-order valence-corrected chi connectivity index (χ1v) is 6.05. The molecule has 3 nitrogen and oxygen atoms in total. The van der Waals surface area contributed by atoms with Gasteiger partial charge in [-0.25, -0.2) is 0 Å². The Morgan fingerprint density at radius 1 is 1.22 bits per heavy atom. The van der Waals surface area contributed by atoms with Crippen molar-refractivity contribution in [1.29, 1.82) is 0 Å². The van der Waals surface area contributed by atoms with E-state index in [1.54, 1.807) is 7.11 Å². The van der Waals surface area contributed by atoms with Crippen molar-refractivity contribution in [2.24, 2.45) is 5.16 Å². The Balaban J connectivity index is 2.17. The normalized spacial score (nSPS) is 16.1. The average Bonchev–Trinajstić information content (AvgIpc) is 2.85. The Labute approximate surface area is 107 Å². The lowest BCUT2D eigenvalue weighted by Crippen LogP contribution is -1.84. The van der Waals surface area contributed by atoms with Crippen LogP contribution in [0.4, 0.5) is 0 Å². The van der Waals surface area contributed by atoms with E-state index >= 15 is 0 Å². The van der Waals surface area contributed by atoms with Gasteiger partial charge < -0.3 is 9.94 Å². The molecule has 0 heterocycles. The van der Waals surface area contributed by atoms with Crippen LogP contribution in [0, 0.1) is 0 Å². The van der Waals surface area contributed by atoms with E-state index in [1.165, 1.54) is 11.8 Å². The van der Waals surface area contributed by atoms with Gasteiger partial charge in [0.25, 0.3) is 0 Å². The molecule has 0 unspecified atom stereocenters.